The maximum atomic E-state index is 13.3. The van der Waals surface area contributed by atoms with Crippen LogP contribution in [0.5, 0.6) is 0 Å². The van der Waals surface area contributed by atoms with Crippen molar-refractivity contribution >= 4 is 22.0 Å². The second kappa shape index (κ2) is 7.79. The molecule has 2 N–H and O–H groups in total. The van der Waals surface area contributed by atoms with E-state index in [2.05, 4.69) is 16.1 Å². The Kier molecular flexibility index (Phi) is 5.60. The lowest BCUT2D eigenvalue weighted by molar-refractivity contribution is -0.142. The molecule has 166 valence electrons. The third-order valence-electron chi connectivity index (χ3n) is 6.75. The Morgan fingerprint density at radius 3 is 2.63 bits per heavy atom. The zero-order chi connectivity index (χ0) is 21.7. The van der Waals surface area contributed by atoms with Crippen molar-refractivity contribution < 1.29 is 22.8 Å². The second-order valence-electron chi connectivity index (χ2n) is 9.37. The Hall–Kier alpha value is -1.67. The van der Waals surface area contributed by atoms with Crippen LogP contribution in [-0.4, -0.2) is 72.2 Å². The van der Waals surface area contributed by atoms with Crippen molar-refractivity contribution in [2.24, 2.45) is 5.92 Å². The van der Waals surface area contributed by atoms with Gasteiger partial charge in [0, 0.05) is 17.6 Å². The van der Waals surface area contributed by atoms with Crippen LogP contribution in [0.2, 0.25) is 0 Å². The first-order valence-electron chi connectivity index (χ1n) is 10.6. The minimum absolute atomic E-state index is 0.0949. The quantitative estimate of drug-likeness (QED) is 0.587. The predicted molar refractivity (Wildman–Crippen MR) is 109 cm³/mol. The normalized spacial score (nSPS) is 35.8. The Balaban J connectivity index is 1.53. The van der Waals surface area contributed by atoms with E-state index in [0.29, 0.717) is 19.3 Å². The Bertz CT molecular complexity index is 865. The molecule has 0 aromatic rings. The first kappa shape index (κ1) is 21.6. The van der Waals surface area contributed by atoms with Crippen molar-refractivity contribution in [2.45, 2.75) is 81.3 Å². The fraction of sp³-hybridized carbons (Fsp3) is 0.800. The largest absolute Gasteiger partial charge is 0.327 e. The summed E-state index contributed by atoms with van der Waals surface area (Å²) in [6.45, 7) is 4.09. The molecule has 2 saturated heterocycles. The molecule has 0 aromatic carbocycles. The van der Waals surface area contributed by atoms with Gasteiger partial charge in [0.2, 0.25) is 15.9 Å². The maximum Gasteiger partial charge on any atom is 0.327 e. The van der Waals surface area contributed by atoms with Gasteiger partial charge in [0.05, 0.1) is 30.4 Å². The fourth-order valence-corrected chi connectivity index (χ4v) is 6.78. The number of hydrogen-bond donors (Lipinski definition) is 2. The van der Waals surface area contributed by atoms with Gasteiger partial charge >= 0.3 is 6.03 Å². The van der Waals surface area contributed by atoms with Crippen LogP contribution >= 0.6 is 0 Å². The number of hydroxylamine groups is 1. The van der Waals surface area contributed by atoms with Gasteiger partial charge in [-0.25, -0.2) is 17.9 Å². The molecule has 5 unspecified atom stereocenters. The van der Waals surface area contributed by atoms with Gasteiger partial charge in [-0.3, -0.25) is 14.5 Å². The second-order valence-corrected chi connectivity index (χ2v) is 11.3. The van der Waals surface area contributed by atoms with Crippen molar-refractivity contribution in [1.82, 2.24) is 20.0 Å². The summed E-state index contributed by atoms with van der Waals surface area (Å²) >= 11 is 0. The maximum absolute atomic E-state index is 13.3. The van der Waals surface area contributed by atoms with Crippen LogP contribution in [-0.2, 0) is 19.7 Å². The smallest absolute Gasteiger partial charge is 0.309 e. The zero-order valence-electron chi connectivity index (χ0n) is 17.5. The minimum Gasteiger partial charge on any atom is -0.309 e. The molecule has 9 nitrogen and oxygen atoms in total. The van der Waals surface area contributed by atoms with E-state index >= 15 is 0 Å². The van der Waals surface area contributed by atoms with Crippen LogP contribution in [0.1, 0.15) is 52.4 Å². The number of sulfonamides is 1. The average molecular weight is 439 g/mol. The summed E-state index contributed by atoms with van der Waals surface area (Å²) in [7, 11) is -3.54. The van der Waals surface area contributed by atoms with Gasteiger partial charge < -0.3 is 4.90 Å². The third-order valence-corrected chi connectivity index (χ3v) is 8.84. The van der Waals surface area contributed by atoms with Crippen LogP contribution in [0, 0.1) is 18.3 Å². The van der Waals surface area contributed by atoms with E-state index in [9.17, 15) is 18.0 Å². The first-order valence-corrected chi connectivity index (χ1v) is 12.2. The summed E-state index contributed by atoms with van der Waals surface area (Å²) in [5, 5.41) is -0.646. The topological polar surface area (TPSA) is 108 Å². The van der Waals surface area contributed by atoms with Crippen molar-refractivity contribution in [3.8, 4) is 12.3 Å². The molecule has 0 bridgehead atoms. The molecule has 10 heteroatoms. The van der Waals surface area contributed by atoms with Gasteiger partial charge in [-0.05, 0) is 52.4 Å². The SMILES string of the molecule is C#CCN1C(=O)N(CC2CC(C)NO2)C(=O)C2CC(S(=O)(=O)NC3(C)CC3)CCC21. The van der Waals surface area contributed by atoms with Gasteiger partial charge in [0.1, 0.15) is 0 Å². The molecule has 5 atom stereocenters. The monoisotopic (exact) mass is 438 g/mol. The summed E-state index contributed by atoms with van der Waals surface area (Å²) < 4.78 is 28.6. The van der Waals surface area contributed by atoms with E-state index in [1.165, 1.54) is 4.90 Å². The van der Waals surface area contributed by atoms with Gasteiger partial charge in [0.25, 0.3) is 0 Å². The van der Waals surface area contributed by atoms with Crippen LogP contribution in [0.15, 0.2) is 0 Å². The van der Waals surface area contributed by atoms with Crippen molar-refractivity contribution in [3.05, 3.63) is 0 Å². The average Bonchev–Trinajstić information content (AvgIpc) is 3.26. The Labute approximate surface area is 177 Å². The van der Waals surface area contributed by atoms with Crippen LogP contribution in [0.3, 0.4) is 0 Å². The molecular weight excluding hydrogens is 408 g/mol. The van der Waals surface area contributed by atoms with Crippen LogP contribution in [0.4, 0.5) is 4.79 Å². The standard InChI is InChI=1S/C20H30N4O5S/c1-4-9-23-17-6-5-15(30(27,28)22-20(3)7-8-20)11-16(17)18(25)24(19(23)26)12-14-10-13(2)21-29-14/h1,13-17,21-22H,5-12H2,2-3H3. The number of hydrogen-bond acceptors (Lipinski definition) is 6. The lowest BCUT2D eigenvalue weighted by Gasteiger charge is -2.47. The van der Waals surface area contributed by atoms with Gasteiger partial charge in [-0.1, -0.05) is 5.92 Å². The van der Waals surface area contributed by atoms with Gasteiger partial charge in [-0.2, -0.15) is 5.48 Å². The highest BCUT2D eigenvalue weighted by Gasteiger charge is 2.52. The fourth-order valence-electron chi connectivity index (χ4n) is 4.81. The number of terminal acetylenes is 1. The van der Waals surface area contributed by atoms with Crippen molar-refractivity contribution in [2.75, 3.05) is 13.1 Å². The number of urea groups is 1. The molecule has 4 fully saturated rings. The van der Waals surface area contributed by atoms with E-state index in [1.807, 2.05) is 13.8 Å². The number of rotatable bonds is 6. The van der Waals surface area contributed by atoms with Crippen molar-refractivity contribution in [3.63, 3.8) is 0 Å². The Morgan fingerprint density at radius 1 is 1.30 bits per heavy atom. The van der Waals surface area contributed by atoms with E-state index in [4.69, 9.17) is 11.3 Å². The molecule has 0 aromatic heterocycles. The number of carbonyl (C=O) groups is 2. The van der Waals surface area contributed by atoms with E-state index in [-0.39, 0.29) is 49.1 Å². The summed E-state index contributed by atoms with van der Waals surface area (Å²) in [5.41, 5.74) is 2.50. The lowest BCUT2D eigenvalue weighted by atomic mass is 9.80. The lowest BCUT2D eigenvalue weighted by Crippen LogP contribution is -2.65. The highest BCUT2D eigenvalue weighted by Crippen LogP contribution is 2.40. The summed E-state index contributed by atoms with van der Waals surface area (Å²) in [6, 6.07) is -0.632. The number of fused-ring (bicyclic) bond motifs is 1. The number of amides is 3. The molecule has 3 amide bonds. The molecule has 2 aliphatic carbocycles. The molecular formula is C20H30N4O5S. The molecule has 0 spiro atoms. The molecule has 30 heavy (non-hydrogen) atoms. The Morgan fingerprint density at radius 2 is 2.03 bits per heavy atom. The summed E-state index contributed by atoms with van der Waals surface area (Å²) in [4.78, 5) is 34.6. The predicted octanol–water partition coefficient (Wildman–Crippen LogP) is 0.575. The molecule has 2 aliphatic heterocycles. The summed E-state index contributed by atoms with van der Waals surface area (Å²) in [5.74, 6) is 1.61. The number of nitrogens with zero attached hydrogens (tertiary/aromatic N) is 2. The molecule has 2 heterocycles. The number of nitrogens with one attached hydrogen (secondary N) is 2. The van der Waals surface area contributed by atoms with Gasteiger partial charge in [-0.15, -0.1) is 6.42 Å². The molecule has 2 saturated carbocycles. The number of carbonyl (C=O) groups excluding carboxylic acids is 2. The first-order chi connectivity index (χ1) is 14.1. The minimum atomic E-state index is -3.54. The molecule has 4 rings (SSSR count). The highest BCUT2D eigenvalue weighted by atomic mass is 32.2. The van der Waals surface area contributed by atoms with E-state index in [1.54, 1.807) is 4.90 Å². The van der Waals surface area contributed by atoms with Gasteiger partial charge in [0.15, 0.2) is 0 Å². The molecule has 4 aliphatic rings. The van der Waals surface area contributed by atoms with Crippen LogP contribution in [0.25, 0.3) is 0 Å². The molecule has 0 radical (unpaired) electrons. The van der Waals surface area contributed by atoms with E-state index in [0.717, 1.165) is 12.8 Å². The van der Waals surface area contributed by atoms with Crippen molar-refractivity contribution in [1.29, 1.82) is 0 Å². The van der Waals surface area contributed by atoms with Crippen LogP contribution < -0.4 is 10.2 Å². The zero-order valence-corrected chi connectivity index (χ0v) is 18.3. The summed E-state index contributed by atoms with van der Waals surface area (Å²) in [6.07, 6.45) is 8.58. The third kappa shape index (κ3) is 4.08. The van der Waals surface area contributed by atoms with E-state index < -0.39 is 27.2 Å². The highest BCUT2D eigenvalue weighted by molar-refractivity contribution is 7.90. The number of imide groups is 1.